The highest BCUT2D eigenvalue weighted by Crippen LogP contribution is 2.39. The van der Waals surface area contributed by atoms with Gasteiger partial charge in [0.1, 0.15) is 11.5 Å². The van der Waals surface area contributed by atoms with Crippen molar-refractivity contribution in [2.24, 2.45) is 0 Å². The van der Waals surface area contributed by atoms with Crippen molar-refractivity contribution in [1.29, 1.82) is 0 Å². The Kier molecular flexibility index (Phi) is 6.34. The molecule has 1 amide bonds. The maximum Gasteiger partial charge on any atom is 0.295 e. The summed E-state index contributed by atoms with van der Waals surface area (Å²) in [5.41, 5.74) is 4.58. The highest BCUT2D eigenvalue weighted by Gasteiger charge is 2.45. The number of benzene rings is 3. The second-order valence-corrected chi connectivity index (χ2v) is 8.93. The Balaban J connectivity index is 1.55. The fourth-order valence-electron chi connectivity index (χ4n) is 4.88. The van der Waals surface area contributed by atoms with Gasteiger partial charge < -0.3 is 19.7 Å². The van der Waals surface area contributed by atoms with E-state index in [0.717, 1.165) is 39.8 Å². The van der Waals surface area contributed by atoms with Crippen LogP contribution in [-0.4, -0.2) is 40.3 Å². The molecule has 0 bridgehead atoms. The molecule has 0 radical (unpaired) electrons. The fourth-order valence-corrected chi connectivity index (χ4v) is 4.88. The van der Waals surface area contributed by atoms with Gasteiger partial charge >= 0.3 is 0 Å². The number of hydrogen-bond acceptors (Lipinski definition) is 4. The van der Waals surface area contributed by atoms with Gasteiger partial charge in [0.2, 0.25) is 0 Å². The molecule has 2 heterocycles. The summed E-state index contributed by atoms with van der Waals surface area (Å²) < 4.78 is 5.37. The van der Waals surface area contributed by atoms with Gasteiger partial charge in [0.15, 0.2) is 0 Å². The first-order chi connectivity index (χ1) is 17.5. The van der Waals surface area contributed by atoms with E-state index in [4.69, 9.17) is 4.74 Å². The first-order valence-corrected chi connectivity index (χ1v) is 12.1. The van der Waals surface area contributed by atoms with Crippen LogP contribution in [0.4, 0.5) is 0 Å². The van der Waals surface area contributed by atoms with Gasteiger partial charge in [-0.05, 0) is 47.7 Å². The van der Waals surface area contributed by atoms with Crippen LogP contribution < -0.4 is 4.74 Å². The summed E-state index contributed by atoms with van der Waals surface area (Å²) in [5.74, 6) is -0.670. The molecular formula is C30H28N2O4. The number of nitrogens with zero attached hydrogens (tertiary/aromatic N) is 1. The van der Waals surface area contributed by atoms with Gasteiger partial charge in [-0.2, -0.15) is 0 Å². The molecule has 36 heavy (non-hydrogen) atoms. The predicted molar refractivity (Wildman–Crippen MR) is 140 cm³/mol. The molecule has 0 aliphatic carbocycles. The van der Waals surface area contributed by atoms with Gasteiger partial charge in [-0.15, -0.1) is 0 Å². The highest BCUT2D eigenvalue weighted by atomic mass is 16.5. The molecule has 0 spiro atoms. The van der Waals surface area contributed by atoms with Gasteiger partial charge in [-0.1, -0.05) is 61.5 Å². The molecule has 6 heteroatoms. The highest BCUT2D eigenvalue weighted by molar-refractivity contribution is 6.46. The van der Waals surface area contributed by atoms with Crippen molar-refractivity contribution < 1.29 is 19.4 Å². The summed E-state index contributed by atoms with van der Waals surface area (Å²) >= 11 is 0. The topological polar surface area (TPSA) is 82.6 Å². The van der Waals surface area contributed by atoms with Crippen LogP contribution in [0.15, 0.2) is 84.6 Å². The van der Waals surface area contributed by atoms with Crippen molar-refractivity contribution in [3.05, 3.63) is 107 Å². The fraction of sp³-hybridized carbons (Fsp3) is 0.200. The van der Waals surface area contributed by atoms with Gasteiger partial charge in [-0.25, -0.2) is 0 Å². The van der Waals surface area contributed by atoms with Gasteiger partial charge in [0.05, 0.1) is 18.7 Å². The molecule has 2 N–H and O–H groups in total. The van der Waals surface area contributed by atoms with Crippen LogP contribution >= 0.6 is 0 Å². The number of amides is 1. The number of aromatic nitrogens is 1. The summed E-state index contributed by atoms with van der Waals surface area (Å²) in [4.78, 5) is 31.4. The summed E-state index contributed by atoms with van der Waals surface area (Å²) in [6, 6.07) is 21.9. The van der Waals surface area contributed by atoms with Crippen LogP contribution in [0.5, 0.6) is 5.75 Å². The molecule has 1 saturated heterocycles. The number of ketones is 1. The third-order valence-electron chi connectivity index (χ3n) is 6.89. The predicted octanol–water partition coefficient (Wildman–Crippen LogP) is 5.40. The van der Waals surface area contributed by atoms with Gasteiger partial charge in [0, 0.05) is 29.2 Å². The van der Waals surface area contributed by atoms with Crippen molar-refractivity contribution in [3.8, 4) is 5.75 Å². The van der Waals surface area contributed by atoms with Crippen molar-refractivity contribution >= 4 is 28.4 Å². The lowest BCUT2D eigenvalue weighted by atomic mass is 9.94. The summed E-state index contributed by atoms with van der Waals surface area (Å²) in [5, 5.41) is 12.2. The molecule has 1 fully saturated rings. The lowest BCUT2D eigenvalue weighted by molar-refractivity contribution is -0.139. The molecule has 4 aromatic rings. The van der Waals surface area contributed by atoms with Crippen LogP contribution in [-0.2, 0) is 22.4 Å². The van der Waals surface area contributed by atoms with Crippen molar-refractivity contribution in [1.82, 2.24) is 9.88 Å². The normalized spacial score (nSPS) is 17.2. The van der Waals surface area contributed by atoms with E-state index < -0.39 is 17.7 Å². The number of methoxy groups -OCH3 is 1. The van der Waals surface area contributed by atoms with Crippen LogP contribution in [0.1, 0.15) is 35.2 Å². The molecule has 1 aliphatic heterocycles. The summed E-state index contributed by atoms with van der Waals surface area (Å²) in [6.07, 6.45) is 3.35. The third-order valence-corrected chi connectivity index (χ3v) is 6.89. The van der Waals surface area contributed by atoms with E-state index in [2.05, 4.69) is 11.9 Å². The largest absolute Gasteiger partial charge is 0.507 e. The molecule has 1 atom stereocenters. The second kappa shape index (κ2) is 9.74. The maximum atomic E-state index is 13.3. The van der Waals surface area contributed by atoms with Crippen molar-refractivity contribution in [2.75, 3.05) is 13.7 Å². The Morgan fingerprint density at radius 1 is 1.03 bits per heavy atom. The number of fused-ring (bicyclic) bond motifs is 1. The quantitative estimate of drug-likeness (QED) is 0.211. The van der Waals surface area contributed by atoms with Crippen molar-refractivity contribution in [3.63, 3.8) is 0 Å². The number of hydrogen-bond donors (Lipinski definition) is 2. The standard InChI is InChI=1S/C30H28N2O4/c1-3-19-9-11-20(12-10-19)27-26(28(33)21-7-5-4-6-8-21)29(34)30(35)32(27)16-15-22-18-31-25-14-13-23(36-2)17-24(22)25/h4-14,17-18,27,31,33H,3,15-16H2,1-2H3/t27-/m1/s1. The molecule has 1 aliphatic rings. The van der Waals surface area contributed by atoms with Crippen molar-refractivity contribution in [2.45, 2.75) is 25.8 Å². The van der Waals surface area contributed by atoms with E-state index in [-0.39, 0.29) is 11.3 Å². The Morgan fingerprint density at radius 2 is 1.78 bits per heavy atom. The molecule has 1 aromatic heterocycles. The molecule has 5 rings (SSSR count). The Morgan fingerprint density at radius 3 is 2.47 bits per heavy atom. The van der Waals surface area contributed by atoms with Crippen LogP contribution in [0.2, 0.25) is 0 Å². The number of ether oxygens (including phenoxy) is 1. The number of carbonyl (C=O) groups excluding carboxylic acids is 2. The van der Waals surface area contributed by atoms with E-state index in [0.29, 0.717) is 18.5 Å². The Hall–Kier alpha value is -4.32. The summed E-state index contributed by atoms with van der Waals surface area (Å²) in [6.45, 7) is 2.40. The average Bonchev–Trinajstić information content (AvgIpc) is 3.44. The number of Topliss-reactive ketones (excluding diaryl/α,β-unsaturated/α-hetero) is 1. The number of aryl methyl sites for hydroxylation is 1. The first kappa shape index (κ1) is 23.4. The SMILES string of the molecule is CCc1ccc([C@@H]2C(=C(O)c3ccccc3)C(=O)C(=O)N2CCc2c[nH]c3ccc(OC)cc23)cc1. The minimum Gasteiger partial charge on any atom is -0.507 e. The molecule has 0 saturated carbocycles. The number of aromatic amines is 1. The minimum atomic E-state index is -0.671. The van der Waals surface area contributed by atoms with Gasteiger partial charge in [0.25, 0.3) is 11.7 Å². The number of rotatable bonds is 7. The lowest BCUT2D eigenvalue weighted by Crippen LogP contribution is -2.31. The monoisotopic (exact) mass is 480 g/mol. The summed E-state index contributed by atoms with van der Waals surface area (Å²) in [7, 11) is 1.63. The van der Waals surface area contributed by atoms with E-state index in [1.54, 1.807) is 36.3 Å². The van der Waals surface area contributed by atoms with Crippen LogP contribution in [0.3, 0.4) is 0 Å². The van der Waals surface area contributed by atoms with E-state index in [9.17, 15) is 14.7 Å². The van der Waals surface area contributed by atoms with E-state index >= 15 is 0 Å². The zero-order valence-corrected chi connectivity index (χ0v) is 20.3. The number of aliphatic hydroxyl groups excluding tert-OH is 1. The Bertz CT molecular complexity index is 1450. The van der Waals surface area contributed by atoms with Crippen LogP contribution in [0, 0.1) is 0 Å². The number of likely N-dealkylation sites (tertiary alicyclic amines) is 1. The molecule has 182 valence electrons. The van der Waals surface area contributed by atoms with E-state index in [1.807, 2.05) is 54.7 Å². The maximum absolute atomic E-state index is 13.3. The Labute approximate surface area is 209 Å². The smallest absolute Gasteiger partial charge is 0.295 e. The molecule has 3 aromatic carbocycles. The number of H-pyrrole nitrogens is 1. The number of aliphatic hydroxyl groups is 1. The number of nitrogens with one attached hydrogen (secondary N) is 1. The van der Waals surface area contributed by atoms with Crippen LogP contribution in [0.25, 0.3) is 16.7 Å². The zero-order valence-electron chi connectivity index (χ0n) is 20.3. The van der Waals surface area contributed by atoms with E-state index in [1.165, 1.54) is 0 Å². The number of carbonyl (C=O) groups is 2. The zero-order chi connectivity index (χ0) is 25.2. The third kappa shape index (κ3) is 4.15. The first-order valence-electron chi connectivity index (χ1n) is 12.1. The molecule has 6 nitrogen and oxygen atoms in total. The minimum absolute atomic E-state index is 0.121. The average molecular weight is 481 g/mol. The molecule has 0 unspecified atom stereocenters. The lowest BCUT2D eigenvalue weighted by Gasteiger charge is -2.25. The second-order valence-electron chi connectivity index (χ2n) is 8.93. The van der Waals surface area contributed by atoms with Gasteiger partial charge in [-0.3, -0.25) is 9.59 Å². The molecular weight excluding hydrogens is 452 g/mol.